The van der Waals surface area contributed by atoms with Gasteiger partial charge in [0.05, 0.1) is 0 Å². The van der Waals surface area contributed by atoms with Crippen LogP contribution >= 0.6 is 0 Å². The molecule has 2 rings (SSSR count). The fourth-order valence-corrected chi connectivity index (χ4v) is 3.44. The maximum Gasteiger partial charge on any atom is 0.243 e. The first-order chi connectivity index (χ1) is 15.6. The highest BCUT2D eigenvalue weighted by Gasteiger charge is 2.25. The first kappa shape index (κ1) is 25.1. The summed E-state index contributed by atoms with van der Waals surface area (Å²) in [5.41, 5.74) is 3.86. The van der Waals surface area contributed by atoms with E-state index in [-0.39, 0.29) is 18.2 Å². The van der Waals surface area contributed by atoms with Gasteiger partial charge in [-0.25, -0.2) is 5.48 Å². The van der Waals surface area contributed by atoms with Crippen molar-refractivity contribution in [1.29, 1.82) is 0 Å². The Labute approximate surface area is 189 Å². The second-order valence-electron chi connectivity index (χ2n) is 7.74. The summed E-state index contributed by atoms with van der Waals surface area (Å²) >= 11 is 0. The summed E-state index contributed by atoms with van der Waals surface area (Å²) in [4.78, 5) is 36.6. The van der Waals surface area contributed by atoms with E-state index in [0.29, 0.717) is 51.6 Å². The smallest absolute Gasteiger partial charge is 0.243 e. The number of amides is 3. The Kier molecular flexibility index (Phi) is 11.6. The van der Waals surface area contributed by atoms with Crippen molar-refractivity contribution in [1.82, 2.24) is 16.1 Å². The Morgan fingerprint density at radius 3 is 1.69 bits per heavy atom. The molecular formula is C25H33N3O4. The van der Waals surface area contributed by atoms with E-state index in [4.69, 9.17) is 5.21 Å². The predicted octanol–water partition coefficient (Wildman–Crippen LogP) is 2.78. The molecule has 0 aliphatic carbocycles. The molecule has 0 aliphatic heterocycles. The van der Waals surface area contributed by atoms with Gasteiger partial charge in [-0.3, -0.25) is 19.6 Å². The third-order valence-corrected chi connectivity index (χ3v) is 5.27. The van der Waals surface area contributed by atoms with Crippen molar-refractivity contribution < 1.29 is 19.6 Å². The van der Waals surface area contributed by atoms with Crippen LogP contribution in [0.15, 0.2) is 60.7 Å². The molecule has 0 saturated carbocycles. The van der Waals surface area contributed by atoms with Crippen LogP contribution in [0.1, 0.15) is 43.2 Å². The van der Waals surface area contributed by atoms with Gasteiger partial charge in [0.1, 0.15) is 5.92 Å². The molecule has 0 saturated heterocycles. The number of nitrogens with one attached hydrogen (secondary N) is 3. The number of hydrogen-bond acceptors (Lipinski definition) is 4. The lowest BCUT2D eigenvalue weighted by atomic mass is 9.98. The maximum absolute atomic E-state index is 12.8. The van der Waals surface area contributed by atoms with Crippen LogP contribution in [0.25, 0.3) is 0 Å². The first-order valence-corrected chi connectivity index (χ1v) is 11.2. The van der Waals surface area contributed by atoms with Crippen molar-refractivity contribution in [3.8, 4) is 0 Å². The Bertz CT molecular complexity index is 770. The predicted molar refractivity (Wildman–Crippen MR) is 123 cm³/mol. The third kappa shape index (κ3) is 9.75. The van der Waals surface area contributed by atoms with Crippen LogP contribution in [0.4, 0.5) is 0 Å². The number of benzene rings is 2. The van der Waals surface area contributed by atoms with Gasteiger partial charge in [-0.1, -0.05) is 73.5 Å². The molecule has 0 heterocycles. The number of rotatable bonds is 14. The lowest BCUT2D eigenvalue weighted by molar-refractivity contribution is -0.135. The molecule has 0 radical (unpaired) electrons. The van der Waals surface area contributed by atoms with Crippen LogP contribution in [-0.4, -0.2) is 36.0 Å². The fraction of sp³-hybridized carbons (Fsp3) is 0.400. The van der Waals surface area contributed by atoms with E-state index in [9.17, 15) is 14.4 Å². The number of unbranched alkanes of at least 4 members (excludes halogenated alkanes) is 2. The molecule has 2 aromatic carbocycles. The Morgan fingerprint density at radius 2 is 1.22 bits per heavy atom. The summed E-state index contributed by atoms with van der Waals surface area (Å²) in [5.74, 6) is -1.75. The van der Waals surface area contributed by atoms with E-state index in [1.165, 1.54) is 0 Å². The van der Waals surface area contributed by atoms with E-state index >= 15 is 0 Å². The van der Waals surface area contributed by atoms with Crippen molar-refractivity contribution in [2.24, 2.45) is 5.92 Å². The van der Waals surface area contributed by atoms with E-state index < -0.39 is 11.8 Å². The Balaban J connectivity index is 1.83. The molecule has 0 spiro atoms. The molecule has 0 fully saturated rings. The van der Waals surface area contributed by atoms with E-state index in [2.05, 4.69) is 10.6 Å². The minimum absolute atomic E-state index is 0.216. The highest BCUT2D eigenvalue weighted by molar-refractivity contribution is 6.00. The zero-order valence-corrected chi connectivity index (χ0v) is 18.4. The molecule has 0 bridgehead atoms. The lowest BCUT2D eigenvalue weighted by Gasteiger charge is -2.17. The van der Waals surface area contributed by atoms with Crippen molar-refractivity contribution in [3.05, 3.63) is 71.8 Å². The molecule has 0 aliphatic rings. The highest BCUT2D eigenvalue weighted by Crippen LogP contribution is 2.12. The SMILES string of the molecule is O=C(CCCCCC(C(=O)NCCc1ccccc1)C(=O)NCCc1ccccc1)NO. The van der Waals surface area contributed by atoms with E-state index in [0.717, 1.165) is 11.1 Å². The largest absolute Gasteiger partial charge is 0.355 e. The molecule has 0 aromatic heterocycles. The van der Waals surface area contributed by atoms with Gasteiger partial charge in [0.2, 0.25) is 17.7 Å². The van der Waals surface area contributed by atoms with Crippen LogP contribution in [0.5, 0.6) is 0 Å². The summed E-state index contributed by atoms with van der Waals surface area (Å²) < 4.78 is 0. The van der Waals surface area contributed by atoms with Crippen molar-refractivity contribution >= 4 is 17.7 Å². The molecule has 0 atom stereocenters. The van der Waals surface area contributed by atoms with Gasteiger partial charge < -0.3 is 10.6 Å². The number of carbonyl (C=O) groups is 3. The third-order valence-electron chi connectivity index (χ3n) is 5.27. The summed E-state index contributed by atoms with van der Waals surface area (Å²) in [7, 11) is 0. The summed E-state index contributed by atoms with van der Waals surface area (Å²) in [6.07, 6.45) is 3.95. The minimum Gasteiger partial charge on any atom is -0.355 e. The van der Waals surface area contributed by atoms with Crippen LogP contribution in [0, 0.1) is 5.92 Å². The maximum atomic E-state index is 12.8. The van der Waals surface area contributed by atoms with Crippen molar-refractivity contribution in [2.75, 3.05) is 13.1 Å². The normalized spacial score (nSPS) is 10.6. The summed E-state index contributed by atoms with van der Waals surface area (Å²) in [6, 6.07) is 19.7. The lowest BCUT2D eigenvalue weighted by Crippen LogP contribution is -2.42. The Hall–Kier alpha value is -3.19. The standard InChI is InChI=1S/C25H33N3O4/c29-23(28-32)15-9-3-8-14-22(24(30)26-18-16-20-10-4-1-5-11-20)25(31)27-19-17-21-12-6-2-7-13-21/h1-2,4-7,10-13,22,32H,3,8-9,14-19H2,(H,26,30)(H,27,31)(H,28,29). The van der Waals surface area contributed by atoms with Crippen LogP contribution < -0.4 is 16.1 Å². The molecule has 32 heavy (non-hydrogen) atoms. The van der Waals surface area contributed by atoms with Crippen LogP contribution in [-0.2, 0) is 27.2 Å². The molecule has 0 unspecified atom stereocenters. The van der Waals surface area contributed by atoms with E-state index in [1.54, 1.807) is 5.48 Å². The zero-order chi connectivity index (χ0) is 23.0. The molecule has 7 nitrogen and oxygen atoms in total. The number of hydrogen-bond donors (Lipinski definition) is 4. The van der Waals surface area contributed by atoms with Gasteiger partial charge in [-0.2, -0.15) is 0 Å². The molecule has 7 heteroatoms. The number of hydroxylamine groups is 1. The quantitative estimate of drug-likeness (QED) is 0.157. The van der Waals surface area contributed by atoms with Crippen molar-refractivity contribution in [2.45, 2.75) is 44.9 Å². The average Bonchev–Trinajstić information content (AvgIpc) is 2.82. The molecule has 2 aromatic rings. The number of carbonyl (C=O) groups excluding carboxylic acids is 3. The van der Waals surface area contributed by atoms with Gasteiger partial charge in [-0.15, -0.1) is 0 Å². The monoisotopic (exact) mass is 439 g/mol. The molecule has 3 amide bonds. The zero-order valence-electron chi connectivity index (χ0n) is 18.4. The molecule has 4 N–H and O–H groups in total. The first-order valence-electron chi connectivity index (χ1n) is 11.2. The fourth-order valence-electron chi connectivity index (χ4n) is 3.44. The average molecular weight is 440 g/mol. The second kappa shape index (κ2) is 14.8. The van der Waals surface area contributed by atoms with Crippen LogP contribution in [0.3, 0.4) is 0 Å². The van der Waals surface area contributed by atoms with Gasteiger partial charge in [0, 0.05) is 19.5 Å². The highest BCUT2D eigenvalue weighted by atomic mass is 16.5. The summed E-state index contributed by atoms with van der Waals surface area (Å²) in [6.45, 7) is 0.931. The van der Waals surface area contributed by atoms with E-state index in [1.807, 2.05) is 60.7 Å². The topological polar surface area (TPSA) is 108 Å². The Morgan fingerprint density at radius 1 is 0.719 bits per heavy atom. The van der Waals surface area contributed by atoms with Gasteiger partial charge in [-0.05, 0) is 36.8 Å². The second-order valence-corrected chi connectivity index (χ2v) is 7.74. The van der Waals surface area contributed by atoms with Gasteiger partial charge >= 0.3 is 0 Å². The molecule has 172 valence electrons. The minimum atomic E-state index is -0.770. The van der Waals surface area contributed by atoms with Crippen LogP contribution in [0.2, 0.25) is 0 Å². The summed E-state index contributed by atoms with van der Waals surface area (Å²) in [5, 5.41) is 14.3. The van der Waals surface area contributed by atoms with Gasteiger partial charge in [0.15, 0.2) is 0 Å². The van der Waals surface area contributed by atoms with Crippen molar-refractivity contribution in [3.63, 3.8) is 0 Å². The molecular weight excluding hydrogens is 406 g/mol. The van der Waals surface area contributed by atoms with Gasteiger partial charge in [0.25, 0.3) is 0 Å².